The van der Waals surface area contributed by atoms with E-state index in [9.17, 15) is 9.59 Å². The van der Waals surface area contributed by atoms with Crippen LogP contribution < -0.4 is 0 Å². The molecule has 0 aliphatic rings. The molecule has 118 valence electrons. The Morgan fingerprint density at radius 2 is 2.00 bits per heavy atom. The van der Waals surface area contributed by atoms with Gasteiger partial charge in [-0.25, -0.2) is 0 Å². The summed E-state index contributed by atoms with van der Waals surface area (Å²) in [5, 5.41) is 1.08. The van der Waals surface area contributed by atoms with Crippen molar-refractivity contribution in [2.24, 2.45) is 0 Å². The van der Waals surface area contributed by atoms with Gasteiger partial charge in [-0.2, -0.15) is 0 Å². The van der Waals surface area contributed by atoms with Crippen molar-refractivity contribution in [2.45, 2.75) is 26.7 Å². The smallest absolute Gasteiger partial charge is 0.305 e. The van der Waals surface area contributed by atoms with Gasteiger partial charge in [-0.1, -0.05) is 0 Å². The number of nitrogens with zero attached hydrogens (tertiary/aromatic N) is 1. The molecule has 1 N–H and O–H groups in total. The first-order valence-electron chi connectivity index (χ1n) is 7.35. The third-order valence-corrected chi connectivity index (χ3v) is 4.00. The molecule has 22 heavy (non-hydrogen) atoms. The first kappa shape index (κ1) is 16.1. The number of rotatable bonds is 5. The Morgan fingerprint density at radius 1 is 1.27 bits per heavy atom. The van der Waals surface area contributed by atoms with Gasteiger partial charge in [-0.05, 0) is 44.0 Å². The molecule has 5 nitrogen and oxygen atoms in total. The zero-order valence-electron chi connectivity index (χ0n) is 13.5. The highest BCUT2D eigenvalue weighted by atomic mass is 16.5. The number of fused-ring (bicyclic) bond motifs is 1. The number of ether oxygens (including phenoxy) is 1. The van der Waals surface area contributed by atoms with Crippen LogP contribution >= 0.6 is 0 Å². The van der Waals surface area contributed by atoms with Crippen LogP contribution in [-0.4, -0.2) is 42.5 Å². The molecule has 1 heterocycles. The molecule has 0 spiro atoms. The zero-order valence-corrected chi connectivity index (χ0v) is 13.5. The summed E-state index contributed by atoms with van der Waals surface area (Å²) in [7, 11) is 3.12. The van der Waals surface area contributed by atoms with Crippen LogP contribution in [0.1, 0.15) is 34.5 Å². The third-order valence-electron chi connectivity index (χ3n) is 4.00. The number of carbonyl (C=O) groups is 2. The Bertz CT molecular complexity index is 703. The molecule has 0 saturated carbocycles. The van der Waals surface area contributed by atoms with Gasteiger partial charge >= 0.3 is 5.97 Å². The maximum absolute atomic E-state index is 12.5. The maximum atomic E-state index is 12.5. The standard InChI is InChI=1S/C17H22N2O3/c1-11-12(2)18-15-8-7-13(10-14(11)15)17(21)19(3)9-5-6-16(20)22-4/h7-8,10,18H,5-6,9H2,1-4H3. The largest absolute Gasteiger partial charge is 0.469 e. The highest BCUT2D eigenvalue weighted by Crippen LogP contribution is 2.22. The maximum Gasteiger partial charge on any atom is 0.305 e. The van der Waals surface area contributed by atoms with Crippen molar-refractivity contribution in [3.63, 3.8) is 0 Å². The van der Waals surface area contributed by atoms with Crippen LogP contribution in [-0.2, 0) is 9.53 Å². The topological polar surface area (TPSA) is 62.4 Å². The first-order chi connectivity index (χ1) is 10.4. The second kappa shape index (κ2) is 6.64. The van der Waals surface area contributed by atoms with E-state index in [0.29, 0.717) is 24.9 Å². The van der Waals surface area contributed by atoms with E-state index in [0.717, 1.165) is 22.2 Å². The van der Waals surface area contributed by atoms with Crippen LogP contribution in [0.25, 0.3) is 10.9 Å². The summed E-state index contributed by atoms with van der Waals surface area (Å²) in [4.78, 5) is 28.5. The summed E-state index contributed by atoms with van der Waals surface area (Å²) in [5.74, 6) is -0.286. The van der Waals surface area contributed by atoms with Gasteiger partial charge in [-0.3, -0.25) is 9.59 Å². The lowest BCUT2D eigenvalue weighted by molar-refractivity contribution is -0.140. The van der Waals surface area contributed by atoms with Crippen LogP contribution in [0.2, 0.25) is 0 Å². The fraction of sp³-hybridized carbons (Fsp3) is 0.412. The number of amides is 1. The Balaban J connectivity index is 2.08. The van der Waals surface area contributed by atoms with Crippen molar-refractivity contribution < 1.29 is 14.3 Å². The molecule has 1 amide bonds. The molecule has 2 aromatic rings. The summed E-state index contributed by atoms with van der Waals surface area (Å²) < 4.78 is 4.59. The number of carbonyl (C=O) groups excluding carboxylic acids is 2. The van der Waals surface area contributed by atoms with Gasteiger partial charge in [0.25, 0.3) is 5.91 Å². The van der Waals surface area contributed by atoms with Crippen molar-refractivity contribution in [2.75, 3.05) is 20.7 Å². The molecule has 5 heteroatoms. The van der Waals surface area contributed by atoms with E-state index in [1.165, 1.54) is 7.11 Å². The molecule has 1 aromatic heterocycles. The van der Waals surface area contributed by atoms with E-state index in [2.05, 4.69) is 9.72 Å². The molecule has 0 saturated heterocycles. The number of hydrogen-bond acceptors (Lipinski definition) is 3. The SMILES string of the molecule is COC(=O)CCCN(C)C(=O)c1ccc2[nH]c(C)c(C)c2c1. The van der Waals surface area contributed by atoms with Crippen LogP contribution in [0.4, 0.5) is 0 Å². The number of esters is 1. The lowest BCUT2D eigenvalue weighted by Crippen LogP contribution is -2.28. The minimum atomic E-state index is -0.249. The van der Waals surface area contributed by atoms with Gasteiger partial charge in [0, 0.05) is 42.2 Å². The normalized spacial score (nSPS) is 10.7. The third kappa shape index (κ3) is 3.30. The lowest BCUT2D eigenvalue weighted by atomic mass is 10.1. The Morgan fingerprint density at radius 3 is 2.68 bits per heavy atom. The fourth-order valence-corrected chi connectivity index (χ4v) is 2.48. The highest BCUT2D eigenvalue weighted by molar-refractivity contribution is 5.98. The number of hydrogen-bond donors (Lipinski definition) is 1. The molecule has 0 unspecified atom stereocenters. The predicted octanol–water partition coefficient (Wildman–Crippen LogP) is 2.81. The van der Waals surface area contributed by atoms with Crippen LogP contribution in [0.15, 0.2) is 18.2 Å². The summed E-state index contributed by atoms with van der Waals surface area (Å²) >= 11 is 0. The van der Waals surface area contributed by atoms with Gasteiger partial charge in [-0.15, -0.1) is 0 Å². The molecule has 0 radical (unpaired) electrons. The quantitative estimate of drug-likeness (QED) is 0.864. The minimum absolute atomic E-state index is 0.0370. The summed E-state index contributed by atoms with van der Waals surface area (Å²) in [6.45, 7) is 4.59. The number of benzene rings is 1. The average molecular weight is 302 g/mol. The van der Waals surface area contributed by atoms with Gasteiger partial charge in [0.05, 0.1) is 7.11 Å². The Hall–Kier alpha value is -2.30. The summed E-state index contributed by atoms with van der Waals surface area (Å²) in [6, 6.07) is 5.69. The van der Waals surface area contributed by atoms with Gasteiger partial charge in [0.2, 0.25) is 0 Å². The molecule has 0 atom stereocenters. The van der Waals surface area contributed by atoms with Crippen molar-refractivity contribution in [1.82, 2.24) is 9.88 Å². The minimum Gasteiger partial charge on any atom is -0.469 e. The molecule has 0 aliphatic carbocycles. The number of aromatic nitrogens is 1. The van der Waals surface area contributed by atoms with E-state index in [1.54, 1.807) is 11.9 Å². The van der Waals surface area contributed by atoms with Crippen LogP contribution in [0.5, 0.6) is 0 Å². The highest BCUT2D eigenvalue weighted by Gasteiger charge is 2.14. The van der Waals surface area contributed by atoms with Crippen molar-refractivity contribution in [3.8, 4) is 0 Å². The molecule has 0 aliphatic heterocycles. The molecule has 0 bridgehead atoms. The van der Waals surface area contributed by atoms with Crippen LogP contribution in [0.3, 0.4) is 0 Å². The molecule has 2 rings (SSSR count). The second-order valence-corrected chi connectivity index (χ2v) is 5.54. The number of H-pyrrole nitrogens is 1. The molecular weight excluding hydrogens is 280 g/mol. The number of aromatic amines is 1. The fourth-order valence-electron chi connectivity index (χ4n) is 2.48. The van der Waals surface area contributed by atoms with E-state index in [-0.39, 0.29) is 11.9 Å². The Kier molecular flexibility index (Phi) is 4.85. The van der Waals surface area contributed by atoms with Crippen molar-refractivity contribution >= 4 is 22.8 Å². The van der Waals surface area contributed by atoms with Gasteiger partial charge in [0.1, 0.15) is 0 Å². The predicted molar refractivity (Wildman–Crippen MR) is 86.0 cm³/mol. The summed E-state index contributed by atoms with van der Waals surface area (Å²) in [6.07, 6.45) is 0.919. The van der Waals surface area contributed by atoms with E-state index >= 15 is 0 Å². The van der Waals surface area contributed by atoms with Crippen LogP contribution in [0, 0.1) is 13.8 Å². The van der Waals surface area contributed by atoms with Gasteiger partial charge in [0.15, 0.2) is 0 Å². The van der Waals surface area contributed by atoms with Gasteiger partial charge < -0.3 is 14.6 Å². The molecular formula is C17H22N2O3. The van der Waals surface area contributed by atoms with E-state index in [4.69, 9.17) is 0 Å². The first-order valence-corrected chi connectivity index (χ1v) is 7.35. The number of nitrogens with one attached hydrogen (secondary N) is 1. The Labute approximate surface area is 130 Å². The van der Waals surface area contributed by atoms with E-state index in [1.807, 2.05) is 32.0 Å². The second-order valence-electron chi connectivity index (χ2n) is 5.54. The van der Waals surface area contributed by atoms with E-state index < -0.39 is 0 Å². The monoisotopic (exact) mass is 302 g/mol. The van der Waals surface area contributed by atoms with Crippen molar-refractivity contribution in [3.05, 3.63) is 35.0 Å². The number of aryl methyl sites for hydroxylation is 2. The molecule has 0 fully saturated rings. The zero-order chi connectivity index (χ0) is 16.3. The number of methoxy groups -OCH3 is 1. The summed E-state index contributed by atoms with van der Waals surface area (Å²) in [5.41, 5.74) is 3.99. The molecule has 1 aromatic carbocycles. The van der Waals surface area contributed by atoms with Crippen molar-refractivity contribution in [1.29, 1.82) is 0 Å². The lowest BCUT2D eigenvalue weighted by Gasteiger charge is -2.17. The average Bonchev–Trinajstić information content (AvgIpc) is 2.80.